The summed E-state index contributed by atoms with van der Waals surface area (Å²) in [4.78, 5) is 49.4. The first-order chi connectivity index (χ1) is 24.8. The van der Waals surface area contributed by atoms with E-state index in [1.165, 1.54) is 25.7 Å². The van der Waals surface area contributed by atoms with Crippen LogP contribution >= 0.6 is 0 Å². The molecule has 0 aromatic heterocycles. The highest BCUT2D eigenvalue weighted by atomic mass is 16.6. The van der Waals surface area contributed by atoms with Gasteiger partial charge in [0.05, 0.1) is 0 Å². The van der Waals surface area contributed by atoms with Crippen molar-refractivity contribution in [2.24, 2.45) is 11.8 Å². The predicted octanol–water partition coefficient (Wildman–Crippen LogP) is 5.48. The van der Waals surface area contributed by atoms with Crippen molar-refractivity contribution in [1.29, 1.82) is 0 Å². The fraction of sp³-hybridized carbons (Fsp3) is 0.625. The van der Waals surface area contributed by atoms with Crippen molar-refractivity contribution in [3.05, 3.63) is 53.1 Å². The Balaban J connectivity index is 0.917. The Hall–Kier alpha value is -3.99. The molecule has 2 aromatic carbocycles. The number of nitrogens with zero attached hydrogens (tertiary/aromatic N) is 4. The second-order valence-electron chi connectivity index (χ2n) is 15.7. The number of amides is 4. The summed E-state index contributed by atoms with van der Waals surface area (Å²) in [5, 5.41) is 3.07. The number of likely N-dealkylation sites (tertiary alicyclic amines) is 2. The van der Waals surface area contributed by atoms with E-state index in [1.54, 1.807) is 4.90 Å². The zero-order valence-electron chi connectivity index (χ0n) is 30.2. The van der Waals surface area contributed by atoms with Crippen molar-refractivity contribution in [3.8, 4) is 11.5 Å². The Morgan fingerprint density at radius 1 is 0.863 bits per heavy atom. The van der Waals surface area contributed by atoms with Crippen LogP contribution in [0.1, 0.15) is 68.1 Å². The summed E-state index contributed by atoms with van der Waals surface area (Å²) in [5.74, 6) is 2.68. The molecule has 6 aliphatic heterocycles. The number of anilines is 1. The fourth-order valence-corrected chi connectivity index (χ4v) is 9.84. The summed E-state index contributed by atoms with van der Waals surface area (Å²) in [6.07, 6.45) is 8.18. The van der Waals surface area contributed by atoms with Gasteiger partial charge in [-0.1, -0.05) is 24.3 Å². The second-order valence-corrected chi connectivity index (χ2v) is 15.7. The minimum absolute atomic E-state index is 0.0301. The molecule has 11 heteroatoms. The number of rotatable bonds is 6. The van der Waals surface area contributed by atoms with Gasteiger partial charge in [-0.3, -0.25) is 4.79 Å². The van der Waals surface area contributed by atoms with Crippen molar-refractivity contribution in [1.82, 2.24) is 19.6 Å². The lowest BCUT2D eigenvalue weighted by Gasteiger charge is -2.43. The molecule has 0 aliphatic carbocycles. The van der Waals surface area contributed by atoms with Gasteiger partial charge in [0.1, 0.15) is 13.2 Å². The number of fused-ring (bicyclic) bond motifs is 4. The molecule has 2 aromatic rings. The van der Waals surface area contributed by atoms with Gasteiger partial charge in [0.25, 0.3) is 5.91 Å². The van der Waals surface area contributed by atoms with Crippen LogP contribution in [0.2, 0.25) is 0 Å². The minimum Gasteiger partial charge on any atom is -0.486 e. The maximum atomic E-state index is 14.3. The van der Waals surface area contributed by atoms with Crippen molar-refractivity contribution in [2.45, 2.75) is 95.4 Å². The summed E-state index contributed by atoms with van der Waals surface area (Å²) < 4.78 is 17.9. The van der Waals surface area contributed by atoms with Crippen LogP contribution in [0.25, 0.3) is 0 Å². The van der Waals surface area contributed by atoms with E-state index in [2.05, 4.69) is 23.3 Å². The molecule has 51 heavy (non-hydrogen) atoms. The maximum Gasteiger partial charge on any atom is 0.410 e. The lowest BCUT2D eigenvalue weighted by molar-refractivity contribution is -0.142. The maximum absolute atomic E-state index is 14.3. The van der Waals surface area contributed by atoms with Gasteiger partial charge in [-0.15, -0.1) is 0 Å². The van der Waals surface area contributed by atoms with Crippen LogP contribution in [0.4, 0.5) is 15.3 Å². The number of ether oxygens (including phenoxy) is 3. The van der Waals surface area contributed by atoms with Crippen LogP contribution in [-0.2, 0) is 22.4 Å². The number of carbonyl (C=O) groups is 3. The quantitative estimate of drug-likeness (QED) is 0.426. The number of para-hydroxylation sites is 1. The van der Waals surface area contributed by atoms with Gasteiger partial charge in [0.15, 0.2) is 17.6 Å². The second kappa shape index (κ2) is 14.6. The largest absolute Gasteiger partial charge is 0.486 e. The summed E-state index contributed by atoms with van der Waals surface area (Å²) in [7, 11) is 2.29. The number of hydrogen-bond acceptors (Lipinski definition) is 7. The van der Waals surface area contributed by atoms with Crippen molar-refractivity contribution in [3.63, 3.8) is 0 Å². The van der Waals surface area contributed by atoms with E-state index >= 15 is 0 Å². The highest BCUT2D eigenvalue weighted by molar-refractivity contribution is 5.91. The molecule has 2 unspecified atom stereocenters. The first-order valence-corrected chi connectivity index (χ1v) is 19.3. The van der Waals surface area contributed by atoms with Gasteiger partial charge in [-0.05, 0) is 112 Å². The third-order valence-electron chi connectivity index (χ3n) is 12.8. The lowest BCUT2D eigenvalue weighted by Crippen LogP contribution is -2.52. The van der Waals surface area contributed by atoms with Gasteiger partial charge in [0.2, 0.25) is 0 Å². The highest BCUT2D eigenvalue weighted by Gasteiger charge is 2.42. The van der Waals surface area contributed by atoms with E-state index < -0.39 is 12.2 Å². The predicted molar refractivity (Wildman–Crippen MR) is 193 cm³/mol. The summed E-state index contributed by atoms with van der Waals surface area (Å²) in [6.45, 7) is 5.93. The van der Waals surface area contributed by atoms with Crippen molar-refractivity contribution >= 4 is 23.7 Å². The Morgan fingerprint density at radius 2 is 1.57 bits per heavy atom. The SMILES string of the molecule is Cc1cc(C[C@@H](OC(=O)N2CCC(N3CCc4ccccc4NC3=O)CC2)C(=O)N2CCC(C3CC4CCC(C3)N4C)CC2)cc2c1OCCO2. The van der Waals surface area contributed by atoms with Gasteiger partial charge in [0, 0.05) is 63.0 Å². The van der Waals surface area contributed by atoms with E-state index in [0.717, 1.165) is 65.4 Å². The fourth-order valence-electron chi connectivity index (χ4n) is 9.84. The third kappa shape index (κ3) is 7.10. The standard InChI is InChI=1S/C40H53N5O6/c1-26-21-27(22-35-37(26)50-20-19-49-35)23-36(38(46)43-14-9-28(10-15-43)30-24-32-7-8-33(25-30)42(32)2)51-40(48)44-16-12-31(13-17-44)45-18-11-29-5-3-4-6-34(29)41-39(45)47/h3-6,21-22,28,30-33,36H,7-20,23-25H2,1-2H3,(H,41,47)/t30?,32?,33?,36-/m1/s1. The summed E-state index contributed by atoms with van der Waals surface area (Å²) in [6, 6.07) is 13.3. The zero-order chi connectivity index (χ0) is 35.1. The molecule has 6 aliphatic rings. The molecule has 4 fully saturated rings. The van der Waals surface area contributed by atoms with Gasteiger partial charge < -0.3 is 39.1 Å². The number of nitrogens with one attached hydrogen (secondary N) is 1. The Kier molecular flexibility index (Phi) is 9.74. The average molecular weight is 700 g/mol. The van der Waals surface area contributed by atoms with Crippen LogP contribution in [-0.4, -0.2) is 115 Å². The van der Waals surface area contributed by atoms with Gasteiger partial charge >= 0.3 is 12.1 Å². The van der Waals surface area contributed by atoms with E-state index in [-0.39, 0.29) is 24.4 Å². The number of urea groups is 1. The molecule has 1 N–H and O–H groups in total. The normalized spacial score (nSPS) is 26.3. The first kappa shape index (κ1) is 34.1. The smallest absolute Gasteiger partial charge is 0.410 e. The topological polar surface area (TPSA) is 104 Å². The number of carbonyl (C=O) groups excluding carboxylic acids is 3. The molecule has 0 radical (unpaired) electrons. The number of hydrogen-bond donors (Lipinski definition) is 1. The zero-order valence-corrected chi connectivity index (χ0v) is 30.2. The van der Waals surface area contributed by atoms with Crippen LogP contribution < -0.4 is 14.8 Å². The molecule has 3 atom stereocenters. The van der Waals surface area contributed by atoms with Crippen LogP contribution in [0.15, 0.2) is 36.4 Å². The molecule has 4 saturated heterocycles. The molecule has 0 saturated carbocycles. The average Bonchev–Trinajstić information content (AvgIpc) is 3.29. The molecule has 0 spiro atoms. The summed E-state index contributed by atoms with van der Waals surface area (Å²) >= 11 is 0. The highest BCUT2D eigenvalue weighted by Crippen LogP contribution is 2.43. The molecule has 11 nitrogen and oxygen atoms in total. The van der Waals surface area contributed by atoms with Crippen LogP contribution in [0.3, 0.4) is 0 Å². The lowest BCUT2D eigenvalue weighted by atomic mass is 9.76. The molecule has 274 valence electrons. The van der Waals surface area contributed by atoms with Gasteiger partial charge in [-0.2, -0.15) is 0 Å². The molecular formula is C40H53N5O6. The van der Waals surface area contributed by atoms with E-state index in [9.17, 15) is 14.4 Å². The van der Waals surface area contributed by atoms with Crippen LogP contribution in [0.5, 0.6) is 11.5 Å². The Bertz CT molecular complexity index is 1600. The molecule has 4 amide bonds. The Morgan fingerprint density at radius 3 is 2.33 bits per heavy atom. The Labute approximate surface area is 301 Å². The van der Waals surface area contributed by atoms with E-state index in [1.807, 2.05) is 47.1 Å². The minimum atomic E-state index is -0.942. The first-order valence-electron chi connectivity index (χ1n) is 19.3. The van der Waals surface area contributed by atoms with Crippen molar-refractivity contribution < 1.29 is 28.6 Å². The molecule has 2 bridgehead atoms. The summed E-state index contributed by atoms with van der Waals surface area (Å²) in [5.41, 5.74) is 3.82. The van der Waals surface area contributed by atoms with Gasteiger partial charge in [-0.25, -0.2) is 9.59 Å². The number of aryl methyl sites for hydroxylation is 1. The molecular weight excluding hydrogens is 646 g/mol. The number of benzene rings is 2. The van der Waals surface area contributed by atoms with E-state index in [0.29, 0.717) is 70.4 Å². The monoisotopic (exact) mass is 699 g/mol. The van der Waals surface area contributed by atoms with Crippen LogP contribution in [0, 0.1) is 18.8 Å². The third-order valence-corrected chi connectivity index (χ3v) is 12.8. The van der Waals surface area contributed by atoms with Crippen molar-refractivity contribution in [2.75, 3.05) is 58.3 Å². The molecule has 8 rings (SSSR count). The molecule has 6 heterocycles. The number of piperidine rings is 3. The van der Waals surface area contributed by atoms with E-state index in [4.69, 9.17) is 14.2 Å².